The second-order valence-corrected chi connectivity index (χ2v) is 21.3. The van der Waals surface area contributed by atoms with Crippen molar-refractivity contribution in [2.45, 2.75) is 307 Å². The number of rotatable bonds is 49. The van der Waals surface area contributed by atoms with Gasteiger partial charge in [0.25, 0.3) is 5.17 Å². The fourth-order valence-electron chi connectivity index (χ4n) is 9.83. The summed E-state index contributed by atoms with van der Waals surface area (Å²) >= 11 is 5.39. The Morgan fingerprint density at radius 2 is 0.986 bits per heavy atom. The van der Waals surface area contributed by atoms with Gasteiger partial charge in [0.15, 0.2) is 6.29 Å². The molecule has 7 N–H and O–H groups in total. The van der Waals surface area contributed by atoms with E-state index in [-0.39, 0.29) is 18.4 Å². The highest BCUT2D eigenvalue weighted by Crippen LogP contribution is 2.26. The Bertz CT molecular complexity index is 1350. The molecule has 1 saturated heterocycles. The maximum absolute atomic E-state index is 11.5. The van der Waals surface area contributed by atoms with E-state index in [1.807, 2.05) is 25.1 Å². The van der Waals surface area contributed by atoms with Crippen molar-refractivity contribution in [3.8, 4) is 5.75 Å². The average molecular weight is 1020 g/mol. The van der Waals surface area contributed by atoms with E-state index < -0.39 is 49.0 Å². The summed E-state index contributed by atoms with van der Waals surface area (Å²) in [6.45, 7) is 7.22. The number of aliphatic hydroxyl groups is 5. The van der Waals surface area contributed by atoms with Crippen molar-refractivity contribution in [3.05, 3.63) is 24.3 Å². The van der Waals surface area contributed by atoms with Gasteiger partial charge in [-0.3, -0.25) is 0 Å². The molecule has 0 aromatic heterocycles. The molecule has 0 saturated carbocycles. The quantitative estimate of drug-likeness (QED) is 0.0245. The summed E-state index contributed by atoms with van der Waals surface area (Å²) in [7, 11) is 0. The molecule has 71 heavy (non-hydrogen) atoms. The highest BCUT2D eigenvalue weighted by Gasteiger charge is 2.45. The van der Waals surface area contributed by atoms with Crippen LogP contribution in [0.25, 0.3) is 0 Å². The summed E-state index contributed by atoms with van der Waals surface area (Å²) in [6, 6.07) is 6.65. The highest BCUT2D eigenvalue weighted by molar-refractivity contribution is 7.80. The Kier molecular flexibility index (Phi) is 42.2. The largest absolute Gasteiger partial charge is 0.492 e. The van der Waals surface area contributed by atoms with Crippen LogP contribution in [-0.4, -0.2) is 106 Å². The van der Waals surface area contributed by atoms with E-state index in [2.05, 4.69) is 24.5 Å². The van der Waals surface area contributed by atoms with Crippen LogP contribution in [0.1, 0.15) is 258 Å². The van der Waals surface area contributed by atoms with Gasteiger partial charge in [0.2, 0.25) is 0 Å². The van der Waals surface area contributed by atoms with Gasteiger partial charge >= 0.3 is 0 Å². The minimum absolute atomic E-state index is 0.0151. The van der Waals surface area contributed by atoms with E-state index >= 15 is 0 Å². The number of aliphatic hydroxyl groups excluding tert-OH is 5. The number of hydrogen-bond donors (Lipinski definition) is 7. The molecule has 11 nitrogen and oxygen atoms in total. The molecule has 0 bridgehead atoms. The molecule has 1 aromatic carbocycles. The third-order valence-electron chi connectivity index (χ3n) is 14.5. The summed E-state index contributed by atoms with van der Waals surface area (Å²) in [6.07, 6.45) is 38.4. The fraction of sp³-hybridized carbons (Fsp3) is 0.881. The topological polar surface area (TPSA) is 162 Å². The van der Waals surface area contributed by atoms with Crippen LogP contribution < -0.4 is 15.4 Å². The zero-order chi connectivity index (χ0) is 51.4. The number of para-hydroxylation sites is 2. The Morgan fingerprint density at radius 1 is 0.563 bits per heavy atom. The lowest BCUT2D eigenvalue weighted by atomic mass is 9.98. The van der Waals surface area contributed by atoms with Crippen molar-refractivity contribution >= 4 is 23.1 Å². The molecule has 0 spiro atoms. The summed E-state index contributed by atoms with van der Waals surface area (Å²) in [5.41, 5.74) is 0.616. The summed E-state index contributed by atoms with van der Waals surface area (Å²) < 4.78 is 23.4. The van der Waals surface area contributed by atoms with Crippen molar-refractivity contribution < 1.29 is 44.5 Å². The van der Waals surface area contributed by atoms with Crippen molar-refractivity contribution in [2.75, 3.05) is 31.7 Å². The molecular formula is C59H110N2O9S. The van der Waals surface area contributed by atoms with E-state index in [1.165, 1.54) is 193 Å². The number of unbranched alkanes of at least 4 members (excludes halogenated alkanes) is 34. The predicted octanol–water partition coefficient (Wildman–Crippen LogP) is 13.8. The molecule has 0 radical (unpaired) electrons. The molecule has 416 valence electrons. The third-order valence-corrected chi connectivity index (χ3v) is 14.7. The van der Waals surface area contributed by atoms with Crippen LogP contribution in [0.15, 0.2) is 24.3 Å². The molecule has 0 unspecified atom stereocenters. The fourth-order valence-corrected chi connectivity index (χ4v) is 10.0. The number of hydrogen-bond acceptors (Lipinski definition) is 11. The molecule has 0 aliphatic carbocycles. The molecule has 0 amide bonds. The Morgan fingerprint density at radius 3 is 1.44 bits per heavy atom. The monoisotopic (exact) mass is 1020 g/mol. The van der Waals surface area contributed by atoms with E-state index in [0.717, 1.165) is 38.5 Å². The van der Waals surface area contributed by atoms with Crippen molar-refractivity contribution in [1.29, 1.82) is 0 Å². The van der Waals surface area contributed by atoms with Crippen LogP contribution in [0.4, 0.5) is 5.69 Å². The van der Waals surface area contributed by atoms with Crippen molar-refractivity contribution in [3.63, 3.8) is 0 Å². The first-order valence-electron chi connectivity index (χ1n) is 29.8. The van der Waals surface area contributed by atoms with Gasteiger partial charge in [-0.1, -0.05) is 251 Å². The molecule has 12 heteroatoms. The standard InChI is InChI=1S/C59H110N2O9S/c1-4-7-9-11-13-15-17-19-20-21-22-23-24-25-26-27-28-29-30-32-34-36-38-42-46-60-50(54(63)51(62)44-39-37-35-33-31-18-16-14-12-10-8-5-2)47-68-58-57(66)56(65)55(64)53(70-58)48-69-59(71)61-49-43-40-41-45-52(49)67-6-3/h40-41,43,45,50-51,53-58,60,62-66H,4-39,42,44,46-48H2,1-3H3,(H,61,71)/t50-,51+,53+,54-,55-,56-,57+,58-/m0/s1. The Balaban J connectivity index is 1.72. The maximum atomic E-state index is 11.5. The van der Waals surface area contributed by atoms with Crippen molar-refractivity contribution in [1.82, 2.24) is 5.32 Å². The molecule has 8 atom stereocenters. The highest BCUT2D eigenvalue weighted by atomic mass is 32.1. The lowest BCUT2D eigenvalue weighted by Crippen LogP contribution is -2.60. The number of thiocarbonyl (C=S) groups is 1. The van der Waals surface area contributed by atoms with E-state index in [0.29, 0.717) is 31.0 Å². The molecule has 1 aromatic rings. The average Bonchev–Trinajstić information content (AvgIpc) is 3.37. The minimum Gasteiger partial charge on any atom is -0.492 e. The van der Waals surface area contributed by atoms with Crippen LogP contribution >= 0.6 is 12.2 Å². The zero-order valence-electron chi connectivity index (χ0n) is 45.7. The van der Waals surface area contributed by atoms with Gasteiger partial charge in [-0.25, -0.2) is 0 Å². The molecule has 1 fully saturated rings. The van der Waals surface area contributed by atoms with Gasteiger partial charge in [-0.15, -0.1) is 0 Å². The second-order valence-electron chi connectivity index (χ2n) is 20.9. The summed E-state index contributed by atoms with van der Waals surface area (Å²) in [4.78, 5) is 0. The molecule has 2 rings (SSSR count). The van der Waals surface area contributed by atoms with Crippen LogP contribution in [-0.2, 0) is 14.2 Å². The SMILES string of the molecule is CCCCCCCCCCCCCCCCCCCCCCCCCCN[C@@H](CO[C@H]1O[C@H](COC(=S)Nc2ccccc2OCC)[C@H](O)[C@H](O)[C@H]1O)[C@H](O)[C@H](O)CCCCCCCCCCCCCC. The third kappa shape index (κ3) is 33.1. The van der Waals surface area contributed by atoms with Crippen LogP contribution in [0.2, 0.25) is 0 Å². The number of nitrogens with one attached hydrogen (secondary N) is 2. The van der Waals surface area contributed by atoms with Crippen LogP contribution in [0, 0.1) is 0 Å². The van der Waals surface area contributed by atoms with Crippen LogP contribution in [0.3, 0.4) is 0 Å². The van der Waals surface area contributed by atoms with Gasteiger partial charge < -0.3 is 55.1 Å². The lowest BCUT2D eigenvalue weighted by Gasteiger charge is -2.40. The summed E-state index contributed by atoms with van der Waals surface area (Å²) in [5.74, 6) is 0.604. The molecule has 1 aliphatic rings. The smallest absolute Gasteiger partial charge is 0.261 e. The van der Waals surface area contributed by atoms with E-state index in [4.69, 9.17) is 31.2 Å². The van der Waals surface area contributed by atoms with Gasteiger partial charge in [0, 0.05) is 0 Å². The van der Waals surface area contributed by atoms with E-state index in [1.54, 1.807) is 6.07 Å². The first-order valence-corrected chi connectivity index (χ1v) is 30.2. The normalized spacial score (nSPS) is 19.4. The number of ether oxygens (including phenoxy) is 4. The zero-order valence-corrected chi connectivity index (χ0v) is 46.5. The minimum atomic E-state index is -1.57. The summed E-state index contributed by atoms with van der Waals surface area (Å²) in [5, 5.41) is 61.6. The maximum Gasteiger partial charge on any atom is 0.261 e. The molecule has 1 aliphatic heterocycles. The second kappa shape index (κ2) is 45.8. The van der Waals surface area contributed by atoms with Crippen molar-refractivity contribution in [2.24, 2.45) is 0 Å². The van der Waals surface area contributed by atoms with Crippen LogP contribution in [0.5, 0.6) is 5.75 Å². The Labute approximate surface area is 440 Å². The van der Waals surface area contributed by atoms with E-state index in [9.17, 15) is 25.5 Å². The number of anilines is 1. The van der Waals surface area contributed by atoms with Gasteiger partial charge in [-0.05, 0) is 50.7 Å². The first kappa shape index (κ1) is 65.5. The molecule has 1 heterocycles. The number of benzene rings is 1. The Hall–Kier alpha value is -1.61. The van der Waals surface area contributed by atoms with Gasteiger partial charge in [0.05, 0.1) is 37.2 Å². The molecular weight excluding hydrogens is 913 g/mol. The lowest BCUT2D eigenvalue weighted by molar-refractivity contribution is -0.302. The van der Waals surface area contributed by atoms with Gasteiger partial charge in [-0.2, -0.15) is 0 Å². The first-order chi connectivity index (χ1) is 34.7. The predicted molar refractivity (Wildman–Crippen MR) is 298 cm³/mol. The van der Waals surface area contributed by atoms with Gasteiger partial charge in [0.1, 0.15) is 36.8 Å².